The van der Waals surface area contributed by atoms with Crippen molar-refractivity contribution in [3.63, 3.8) is 0 Å². The van der Waals surface area contributed by atoms with E-state index in [4.69, 9.17) is 23.2 Å². The van der Waals surface area contributed by atoms with E-state index in [-0.39, 0.29) is 16.7 Å². The lowest BCUT2D eigenvalue weighted by Gasteiger charge is -2.44. The summed E-state index contributed by atoms with van der Waals surface area (Å²) in [5.41, 5.74) is 0.495. The Morgan fingerprint density at radius 1 is 1.21 bits per heavy atom. The summed E-state index contributed by atoms with van der Waals surface area (Å²) in [5.74, 6) is 1.06. The van der Waals surface area contributed by atoms with E-state index in [1.807, 2.05) is 28.5 Å². The number of nitrogens with zero attached hydrogens (tertiary/aromatic N) is 2. The summed E-state index contributed by atoms with van der Waals surface area (Å²) in [4.78, 5) is 28.6. The molecule has 0 bridgehead atoms. The quantitative estimate of drug-likeness (QED) is 0.773. The van der Waals surface area contributed by atoms with Gasteiger partial charge in [0.15, 0.2) is 0 Å². The summed E-state index contributed by atoms with van der Waals surface area (Å²) < 4.78 is 0. The molecule has 2 heterocycles. The Kier molecular flexibility index (Phi) is 5.33. The number of halogens is 2. The Morgan fingerprint density at radius 2 is 1.92 bits per heavy atom. The second kappa shape index (κ2) is 7.14. The number of piperidine rings is 1. The minimum atomic E-state index is -0.218. The first kappa shape index (κ1) is 17.9. The third-order valence-corrected chi connectivity index (χ3v) is 6.88. The van der Waals surface area contributed by atoms with Crippen LogP contribution in [-0.4, -0.2) is 51.9 Å². The summed E-state index contributed by atoms with van der Waals surface area (Å²) in [6.07, 6.45) is 2.14. The van der Waals surface area contributed by atoms with Crippen LogP contribution in [0.2, 0.25) is 10.0 Å². The Hall–Kier alpha value is -0.910. The van der Waals surface area contributed by atoms with E-state index in [2.05, 4.69) is 0 Å². The maximum absolute atomic E-state index is 13.0. The number of hydrogen-bond donors (Lipinski definition) is 0. The molecule has 0 aromatic heterocycles. The van der Waals surface area contributed by atoms with E-state index in [1.54, 1.807) is 18.2 Å². The van der Waals surface area contributed by atoms with Gasteiger partial charge in [0, 0.05) is 36.8 Å². The molecule has 2 amide bonds. The van der Waals surface area contributed by atoms with Gasteiger partial charge in [0.05, 0.1) is 15.5 Å². The van der Waals surface area contributed by atoms with Crippen LogP contribution in [0.25, 0.3) is 0 Å². The SMILES string of the molecule is CCC(=O)N1CCC2(CC1)SCCN2C(=O)c1ccc(Cl)cc1Cl. The van der Waals surface area contributed by atoms with Gasteiger partial charge in [-0.05, 0) is 31.0 Å². The predicted molar refractivity (Wildman–Crippen MR) is 98.8 cm³/mol. The van der Waals surface area contributed by atoms with Gasteiger partial charge in [-0.25, -0.2) is 0 Å². The summed E-state index contributed by atoms with van der Waals surface area (Å²) >= 11 is 14.0. The largest absolute Gasteiger partial charge is 0.342 e. The number of likely N-dealkylation sites (tertiary alicyclic amines) is 1. The van der Waals surface area contributed by atoms with Gasteiger partial charge in [0.2, 0.25) is 5.91 Å². The average molecular weight is 387 g/mol. The molecule has 2 aliphatic rings. The number of thioether (sulfide) groups is 1. The molecule has 1 aromatic rings. The van der Waals surface area contributed by atoms with Crippen molar-refractivity contribution in [2.75, 3.05) is 25.4 Å². The Bertz CT molecular complexity index is 660. The van der Waals surface area contributed by atoms with Crippen molar-refractivity contribution in [1.82, 2.24) is 9.80 Å². The van der Waals surface area contributed by atoms with Gasteiger partial charge in [-0.3, -0.25) is 9.59 Å². The number of rotatable bonds is 2. The van der Waals surface area contributed by atoms with E-state index in [0.29, 0.717) is 41.7 Å². The average Bonchev–Trinajstić information content (AvgIpc) is 2.97. The van der Waals surface area contributed by atoms with Gasteiger partial charge in [-0.2, -0.15) is 0 Å². The smallest absolute Gasteiger partial charge is 0.256 e. The van der Waals surface area contributed by atoms with Gasteiger partial charge < -0.3 is 9.80 Å². The minimum Gasteiger partial charge on any atom is -0.342 e. The third-order valence-electron chi connectivity index (χ3n) is 4.78. The van der Waals surface area contributed by atoms with Crippen molar-refractivity contribution in [2.45, 2.75) is 31.1 Å². The molecule has 4 nitrogen and oxygen atoms in total. The first-order valence-corrected chi connectivity index (χ1v) is 9.90. The summed E-state index contributed by atoms with van der Waals surface area (Å²) in [6.45, 7) is 4.01. The molecule has 24 heavy (non-hydrogen) atoms. The standard InChI is InChI=1S/C17H20Cl2N2O2S/c1-2-15(22)20-7-5-17(6-8-20)21(9-10-24-17)16(23)13-4-3-12(18)11-14(13)19/h3-4,11H,2,5-10H2,1H3. The monoisotopic (exact) mass is 386 g/mol. The molecule has 0 unspecified atom stereocenters. The van der Waals surface area contributed by atoms with Crippen LogP contribution < -0.4 is 0 Å². The molecule has 1 aromatic carbocycles. The lowest BCUT2D eigenvalue weighted by molar-refractivity contribution is -0.132. The van der Waals surface area contributed by atoms with Gasteiger partial charge in [-0.15, -0.1) is 11.8 Å². The van der Waals surface area contributed by atoms with E-state index in [0.717, 1.165) is 18.6 Å². The van der Waals surface area contributed by atoms with Crippen molar-refractivity contribution in [3.05, 3.63) is 33.8 Å². The van der Waals surface area contributed by atoms with Crippen molar-refractivity contribution in [3.8, 4) is 0 Å². The number of carbonyl (C=O) groups is 2. The van der Waals surface area contributed by atoms with Crippen LogP contribution in [-0.2, 0) is 4.79 Å². The van der Waals surface area contributed by atoms with E-state index in [9.17, 15) is 9.59 Å². The molecule has 2 fully saturated rings. The predicted octanol–water partition coefficient (Wildman–Crippen LogP) is 3.91. The molecule has 0 saturated carbocycles. The number of amides is 2. The maximum atomic E-state index is 13.0. The van der Waals surface area contributed by atoms with Gasteiger partial charge in [0.1, 0.15) is 0 Å². The highest BCUT2D eigenvalue weighted by atomic mass is 35.5. The van der Waals surface area contributed by atoms with Crippen molar-refractivity contribution in [2.24, 2.45) is 0 Å². The van der Waals surface area contributed by atoms with E-state index < -0.39 is 0 Å². The van der Waals surface area contributed by atoms with Crippen LogP contribution in [0, 0.1) is 0 Å². The molecule has 2 saturated heterocycles. The van der Waals surface area contributed by atoms with Crippen LogP contribution in [0.15, 0.2) is 18.2 Å². The molecular formula is C17H20Cl2N2O2S. The molecule has 0 aliphatic carbocycles. The second-order valence-electron chi connectivity index (χ2n) is 6.11. The minimum absolute atomic E-state index is 0.0445. The van der Waals surface area contributed by atoms with Crippen LogP contribution in [0.4, 0.5) is 0 Å². The highest BCUT2D eigenvalue weighted by Crippen LogP contribution is 2.45. The van der Waals surface area contributed by atoms with Gasteiger partial charge in [0.25, 0.3) is 5.91 Å². The Morgan fingerprint density at radius 3 is 2.54 bits per heavy atom. The molecule has 0 atom stereocenters. The molecule has 2 aliphatic heterocycles. The summed E-state index contributed by atoms with van der Waals surface area (Å²) in [5, 5.41) is 0.909. The lowest BCUT2D eigenvalue weighted by atomic mass is 10.0. The zero-order valence-corrected chi connectivity index (χ0v) is 15.9. The molecule has 0 radical (unpaired) electrons. The highest BCUT2D eigenvalue weighted by molar-refractivity contribution is 8.00. The normalized spacial score (nSPS) is 19.8. The fraction of sp³-hybridized carbons (Fsp3) is 0.529. The highest BCUT2D eigenvalue weighted by Gasteiger charge is 2.47. The molecule has 7 heteroatoms. The Labute approximate surface area is 156 Å². The van der Waals surface area contributed by atoms with Crippen molar-refractivity contribution < 1.29 is 9.59 Å². The fourth-order valence-electron chi connectivity index (χ4n) is 3.45. The molecule has 130 valence electrons. The fourth-order valence-corrected chi connectivity index (χ4v) is 5.39. The molecular weight excluding hydrogens is 367 g/mol. The zero-order chi connectivity index (χ0) is 17.3. The Balaban J connectivity index is 1.78. The number of benzene rings is 1. The van der Waals surface area contributed by atoms with Crippen LogP contribution in [0.3, 0.4) is 0 Å². The van der Waals surface area contributed by atoms with Crippen LogP contribution >= 0.6 is 35.0 Å². The molecule has 0 N–H and O–H groups in total. The number of carbonyl (C=O) groups excluding carboxylic acids is 2. The molecule has 3 rings (SSSR count). The van der Waals surface area contributed by atoms with Gasteiger partial charge >= 0.3 is 0 Å². The van der Waals surface area contributed by atoms with Crippen molar-refractivity contribution >= 4 is 46.8 Å². The van der Waals surface area contributed by atoms with Gasteiger partial charge in [-0.1, -0.05) is 30.1 Å². The first-order chi connectivity index (χ1) is 11.5. The summed E-state index contributed by atoms with van der Waals surface area (Å²) in [6, 6.07) is 4.99. The maximum Gasteiger partial charge on any atom is 0.256 e. The zero-order valence-electron chi connectivity index (χ0n) is 13.6. The summed E-state index contributed by atoms with van der Waals surface area (Å²) in [7, 11) is 0. The van der Waals surface area contributed by atoms with Crippen molar-refractivity contribution in [1.29, 1.82) is 0 Å². The van der Waals surface area contributed by atoms with E-state index in [1.165, 1.54) is 0 Å². The van der Waals surface area contributed by atoms with Crippen LogP contribution in [0.5, 0.6) is 0 Å². The first-order valence-electron chi connectivity index (χ1n) is 8.15. The molecule has 1 spiro atoms. The lowest BCUT2D eigenvalue weighted by Crippen LogP contribution is -2.53. The third kappa shape index (κ3) is 3.26. The van der Waals surface area contributed by atoms with E-state index >= 15 is 0 Å². The number of hydrogen-bond acceptors (Lipinski definition) is 3. The topological polar surface area (TPSA) is 40.6 Å². The van der Waals surface area contributed by atoms with Crippen LogP contribution in [0.1, 0.15) is 36.5 Å². The second-order valence-corrected chi connectivity index (χ2v) is 8.41.